The first-order valence-corrected chi connectivity index (χ1v) is 18.3. The molecule has 0 spiro atoms. The van der Waals surface area contributed by atoms with Gasteiger partial charge in [-0.25, -0.2) is 14.8 Å². The summed E-state index contributed by atoms with van der Waals surface area (Å²) in [6.45, 7) is 0. The first kappa shape index (κ1) is 37.2. The molecule has 1 atom stereocenters. The summed E-state index contributed by atoms with van der Waals surface area (Å²) in [5.41, 5.74) is 6.02. The molecule has 2 heterocycles. The van der Waals surface area contributed by atoms with Gasteiger partial charge in [0.25, 0.3) is 0 Å². The Kier molecular flexibility index (Phi) is 10.9. The molecule has 10 nitrogen and oxygen atoms in total. The van der Waals surface area contributed by atoms with Gasteiger partial charge in [0, 0.05) is 27.8 Å². The fourth-order valence-corrected chi connectivity index (χ4v) is 7.49. The molecule has 7 rings (SSSR count). The maximum absolute atomic E-state index is 14.3. The second-order valence-electron chi connectivity index (χ2n) is 12.5. The van der Waals surface area contributed by atoms with Crippen LogP contribution in [0.15, 0.2) is 138 Å². The Bertz CT molecular complexity index is 2590. The summed E-state index contributed by atoms with van der Waals surface area (Å²) in [5, 5.41) is 23.7. The number of carboxylic acids is 1. The molecule has 2 N–H and O–H groups in total. The van der Waals surface area contributed by atoms with E-state index in [1.807, 2.05) is 72.8 Å². The van der Waals surface area contributed by atoms with Gasteiger partial charge in [0.15, 0.2) is 11.5 Å². The van der Waals surface area contributed by atoms with Gasteiger partial charge in [0.2, 0.25) is 11.7 Å². The Balaban J connectivity index is 1.27. The van der Waals surface area contributed by atoms with E-state index in [-0.39, 0.29) is 17.0 Å². The molecule has 1 amide bonds. The van der Waals surface area contributed by atoms with Gasteiger partial charge in [-0.3, -0.25) is 4.79 Å². The van der Waals surface area contributed by atoms with Gasteiger partial charge < -0.3 is 24.6 Å². The lowest BCUT2D eigenvalue weighted by molar-refractivity contribution is -0.115. The molecule has 0 aliphatic heterocycles. The minimum atomic E-state index is -1.04. The number of ether oxygens (including phenoxy) is 3. The van der Waals surface area contributed by atoms with E-state index >= 15 is 0 Å². The molecule has 0 fully saturated rings. The lowest BCUT2D eigenvalue weighted by Gasteiger charge is -2.20. The predicted octanol–water partition coefficient (Wildman–Crippen LogP) is 9.70. The number of amides is 1. The van der Waals surface area contributed by atoms with E-state index in [2.05, 4.69) is 16.4 Å². The van der Waals surface area contributed by atoms with E-state index in [0.717, 1.165) is 5.56 Å². The van der Waals surface area contributed by atoms with Crippen LogP contribution in [0.2, 0.25) is 0 Å². The number of hydrogen-bond donors (Lipinski definition) is 2. The zero-order valence-corrected chi connectivity index (χ0v) is 31.3. The summed E-state index contributed by atoms with van der Waals surface area (Å²) in [6, 6.07) is 42.4. The lowest BCUT2D eigenvalue weighted by atomic mass is 9.98. The van der Waals surface area contributed by atoms with Gasteiger partial charge in [-0.05, 0) is 53.6 Å². The number of rotatable bonds is 12. The average molecular weight is 759 g/mol. The van der Waals surface area contributed by atoms with Crippen molar-refractivity contribution >= 4 is 40.2 Å². The highest BCUT2D eigenvalue weighted by Crippen LogP contribution is 2.45. The molecule has 0 aliphatic carbocycles. The molecule has 0 aliphatic rings. The van der Waals surface area contributed by atoms with Gasteiger partial charge >= 0.3 is 5.97 Å². The number of nitrogens with zero attached hydrogens (tertiary/aromatic N) is 3. The normalized spacial score (nSPS) is 11.3. The number of fused-ring (bicyclic) bond motifs is 1. The number of pyridine rings is 2. The van der Waals surface area contributed by atoms with E-state index in [9.17, 15) is 20.0 Å². The van der Waals surface area contributed by atoms with Crippen molar-refractivity contribution in [2.24, 2.45) is 0 Å². The Morgan fingerprint density at radius 3 is 1.95 bits per heavy atom. The summed E-state index contributed by atoms with van der Waals surface area (Å²) < 4.78 is 16.8. The van der Waals surface area contributed by atoms with E-state index < -0.39 is 11.2 Å². The summed E-state index contributed by atoms with van der Waals surface area (Å²) >= 11 is 1.17. The van der Waals surface area contributed by atoms with Crippen LogP contribution < -0.4 is 19.5 Å². The van der Waals surface area contributed by atoms with Crippen molar-refractivity contribution in [2.75, 3.05) is 26.6 Å². The largest absolute Gasteiger partial charge is 0.493 e. The molecule has 0 bridgehead atoms. The van der Waals surface area contributed by atoms with Crippen LogP contribution in [0, 0.1) is 11.3 Å². The quantitative estimate of drug-likeness (QED) is 0.116. The van der Waals surface area contributed by atoms with Crippen LogP contribution in [0.3, 0.4) is 0 Å². The van der Waals surface area contributed by atoms with Gasteiger partial charge in [-0.1, -0.05) is 103 Å². The third-order valence-corrected chi connectivity index (χ3v) is 10.3. The number of nitriles is 1. The van der Waals surface area contributed by atoms with E-state index in [0.29, 0.717) is 72.5 Å². The molecular formula is C45H34N4O6S. The SMILES string of the molecule is COc1cc(-c2cc(-c3ccccc3)nc(SC(C(=O)Nc3ccc(-c4cc(C(=O)O)c5ccccc5n4)cc3)c3ccccc3)c2C#N)cc(OC)c1OC. The number of hydrogen-bond acceptors (Lipinski definition) is 9. The number of aromatic nitrogens is 2. The molecule has 1 unspecified atom stereocenters. The zero-order valence-electron chi connectivity index (χ0n) is 30.5. The van der Waals surface area contributed by atoms with Crippen LogP contribution >= 0.6 is 11.8 Å². The summed E-state index contributed by atoms with van der Waals surface area (Å²) in [5.74, 6) is -0.127. The molecule has 7 aromatic rings. The number of methoxy groups -OCH3 is 3. The van der Waals surface area contributed by atoms with Crippen LogP contribution in [0.4, 0.5) is 5.69 Å². The molecule has 2 aromatic heterocycles. The van der Waals surface area contributed by atoms with Crippen LogP contribution in [0.25, 0.3) is 44.5 Å². The number of carbonyl (C=O) groups excluding carboxylic acids is 1. The van der Waals surface area contributed by atoms with Crippen LogP contribution in [0.1, 0.15) is 26.7 Å². The van der Waals surface area contributed by atoms with Crippen molar-refractivity contribution in [1.82, 2.24) is 9.97 Å². The Morgan fingerprint density at radius 2 is 1.32 bits per heavy atom. The number of aromatic carboxylic acids is 1. The van der Waals surface area contributed by atoms with Crippen molar-refractivity contribution < 1.29 is 28.9 Å². The molecule has 5 aromatic carbocycles. The molecule has 0 saturated carbocycles. The molecule has 276 valence electrons. The lowest BCUT2D eigenvalue weighted by Crippen LogP contribution is -2.19. The summed E-state index contributed by atoms with van der Waals surface area (Å²) in [4.78, 5) is 36.1. The second kappa shape index (κ2) is 16.5. The van der Waals surface area contributed by atoms with E-state index in [1.54, 1.807) is 60.7 Å². The summed E-state index contributed by atoms with van der Waals surface area (Å²) in [7, 11) is 4.58. The fourth-order valence-electron chi connectivity index (χ4n) is 6.38. The van der Waals surface area contributed by atoms with Crippen molar-refractivity contribution in [1.29, 1.82) is 5.26 Å². The van der Waals surface area contributed by atoms with Gasteiger partial charge in [-0.2, -0.15) is 5.26 Å². The number of thioether (sulfide) groups is 1. The van der Waals surface area contributed by atoms with Crippen LogP contribution in [-0.4, -0.2) is 48.3 Å². The van der Waals surface area contributed by atoms with E-state index in [1.165, 1.54) is 33.1 Å². The van der Waals surface area contributed by atoms with Crippen molar-refractivity contribution in [2.45, 2.75) is 10.3 Å². The second-order valence-corrected chi connectivity index (χ2v) is 13.6. The summed E-state index contributed by atoms with van der Waals surface area (Å²) in [6.07, 6.45) is 0. The Morgan fingerprint density at radius 1 is 0.714 bits per heavy atom. The third-order valence-electron chi connectivity index (χ3n) is 9.11. The fraction of sp³-hybridized carbons (Fsp3) is 0.0889. The number of benzene rings is 5. The number of para-hydroxylation sites is 1. The topological polar surface area (TPSA) is 144 Å². The monoisotopic (exact) mass is 758 g/mol. The van der Waals surface area contributed by atoms with Gasteiger partial charge in [-0.15, -0.1) is 0 Å². The highest BCUT2D eigenvalue weighted by atomic mass is 32.2. The van der Waals surface area contributed by atoms with Crippen molar-refractivity contribution in [3.63, 3.8) is 0 Å². The zero-order chi connectivity index (χ0) is 39.2. The first-order chi connectivity index (χ1) is 27.3. The van der Waals surface area contributed by atoms with Crippen molar-refractivity contribution in [3.05, 3.63) is 150 Å². The molecule has 11 heteroatoms. The molecule has 0 radical (unpaired) electrons. The first-order valence-electron chi connectivity index (χ1n) is 17.4. The predicted molar refractivity (Wildman–Crippen MR) is 217 cm³/mol. The standard InChI is InChI=1S/C45H34N4O6S/c1-53-39-22-30(23-40(54-2)41(39)55-3)33-24-38(27-12-6-4-7-13-27)49-44(35(33)26-46)56-42(29-14-8-5-9-15-29)43(50)47-31-20-18-28(19-21-31)37-25-34(45(51)52)32-16-10-11-17-36(32)48-37/h4-25,42H,1-3H3,(H,47,50)(H,51,52). The minimum Gasteiger partial charge on any atom is -0.493 e. The Hall–Kier alpha value is -7.16. The van der Waals surface area contributed by atoms with E-state index in [4.69, 9.17) is 19.2 Å². The molecular weight excluding hydrogens is 725 g/mol. The number of carboxylic acid groups (broad SMARTS) is 1. The van der Waals surface area contributed by atoms with Crippen LogP contribution in [0.5, 0.6) is 17.2 Å². The van der Waals surface area contributed by atoms with Crippen LogP contribution in [-0.2, 0) is 4.79 Å². The number of carbonyl (C=O) groups is 2. The molecule has 56 heavy (non-hydrogen) atoms. The number of anilines is 1. The molecule has 0 saturated heterocycles. The minimum absolute atomic E-state index is 0.154. The Labute approximate surface area is 327 Å². The average Bonchev–Trinajstić information content (AvgIpc) is 3.24. The maximum atomic E-state index is 14.3. The van der Waals surface area contributed by atoms with Gasteiger partial charge in [0.05, 0.1) is 49.4 Å². The van der Waals surface area contributed by atoms with Gasteiger partial charge in [0.1, 0.15) is 16.3 Å². The number of nitrogens with one attached hydrogen (secondary N) is 1. The highest BCUT2D eigenvalue weighted by molar-refractivity contribution is 8.00. The maximum Gasteiger partial charge on any atom is 0.336 e. The van der Waals surface area contributed by atoms with Crippen molar-refractivity contribution in [3.8, 4) is 57.0 Å². The third kappa shape index (κ3) is 7.59. The smallest absolute Gasteiger partial charge is 0.336 e. The highest BCUT2D eigenvalue weighted by Gasteiger charge is 2.27.